The third kappa shape index (κ3) is 4.95. The summed E-state index contributed by atoms with van der Waals surface area (Å²) in [4.78, 5) is 8.40. The zero-order chi connectivity index (χ0) is 17.0. The third-order valence-corrected chi connectivity index (χ3v) is 4.88. The van der Waals surface area contributed by atoms with Crippen molar-refractivity contribution in [2.45, 2.75) is 18.2 Å². The molecule has 6 heteroatoms. The van der Waals surface area contributed by atoms with Gasteiger partial charge >= 0.3 is 0 Å². The molecular formula is C17H14Cl4N2. The summed E-state index contributed by atoms with van der Waals surface area (Å²) in [5, 5.41) is -0.129. The fourth-order valence-electron chi connectivity index (χ4n) is 1.69. The molecule has 0 heterocycles. The van der Waals surface area contributed by atoms with Crippen molar-refractivity contribution < 1.29 is 0 Å². The molecule has 2 rings (SSSR count). The van der Waals surface area contributed by atoms with E-state index in [4.69, 9.17) is 46.4 Å². The standard InChI is InChI=1S/C17H14Cl4N2/c1-11-3-7-13(8-4-11)22-15(18)17(20,21)16(19)23-14-9-5-12(2)6-10-14/h3-10H,1-2H3. The fourth-order valence-corrected chi connectivity index (χ4v) is 2.28. The van der Waals surface area contributed by atoms with Crippen molar-refractivity contribution in [1.29, 1.82) is 0 Å². The van der Waals surface area contributed by atoms with E-state index >= 15 is 0 Å². The normalized spacial score (nSPS) is 13.3. The SMILES string of the molecule is Cc1ccc(N=C(Cl)C(Cl)(Cl)C(Cl)=Nc2ccc(C)cc2)cc1. The smallest absolute Gasteiger partial charge is 0.222 e. The van der Waals surface area contributed by atoms with Crippen molar-refractivity contribution in [3.8, 4) is 0 Å². The number of halogens is 4. The number of alkyl halides is 2. The second-order valence-corrected chi connectivity index (χ2v) is 7.09. The first-order chi connectivity index (χ1) is 10.8. The molecule has 0 aromatic heterocycles. The van der Waals surface area contributed by atoms with E-state index in [9.17, 15) is 0 Å². The van der Waals surface area contributed by atoms with Crippen LogP contribution in [0.15, 0.2) is 58.5 Å². The van der Waals surface area contributed by atoms with Gasteiger partial charge in [-0.1, -0.05) is 81.8 Å². The van der Waals surface area contributed by atoms with Crippen molar-refractivity contribution in [3.05, 3.63) is 59.7 Å². The van der Waals surface area contributed by atoms with Crippen LogP contribution in [0.5, 0.6) is 0 Å². The number of aryl methyl sites for hydroxylation is 2. The highest BCUT2D eigenvalue weighted by molar-refractivity contribution is 6.93. The summed E-state index contributed by atoms with van der Waals surface area (Å²) in [6.45, 7) is 3.96. The van der Waals surface area contributed by atoms with Gasteiger partial charge in [0.15, 0.2) is 0 Å². The van der Waals surface area contributed by atoms with E-state index in [1.54, 1.807) is 0 Å². The summed E-state index contributed by atoms with van der Waals surface area (Å²) in [6, 6.07) is 14.9. The summed E-state index contributed by atoms with van der Waals surface area (Å²) >= 11 is 24.8. The lowest BCUT2D eigenvalue weighted by Gasteiger charge is -2.16. The maximum Gasteiger partial charge on any atom is 0.222 e. The van der Waals surface area contributed by atoms with Gasteiger partial charge in [-0.15, -0.1) is 0 Å². The molecule has 0 aliphatic heterocycles. The van der Waals surface area contributed by atoms with E-state index in [-0.39, 0.29) is 10.3 Å². The quantitative estimate of drug-likeness (QED) is 0.411. The topological polar surface area (TPSA) is 24.7 Å². The summed E-state index contributed by atoms with van der Waals surface area (Å²) < 4.78 is -1.71. The van der Waals surface area contributed by atoms with E-state index in [0.717, 1.165) is 11.1 Å². The maximum atomic E-state index is 6.24. The van der Waals surface area contributed by atoms with E-state index in [0.29, 0.717) is 11.4 Å². The Labute approximate surface area is 155 Å². The lowest BCUT2D eigenvalue weighted by Crippen LogP contribution is -2.28. The molecule has 2 nitrogen and oxygen atoms in total. The van der Waals surface area contributed by atoms with Crippen LogP contribution in [-0.4, -0.2) is 14.7 Å². The van der Waals surface area contributed by atoms with Crippen LogP contribution in [0, 0.1) is 13.8 Å². The van der Waals surface area contributed by atoms with Crippen LogP contribution in [0.3, 0.4) is 0 Å². The van der Waals surface area contributed by atoms with Crippen LogP contribution in [0.25, 0.3) is 0 Å². The first-order valence-electron chi connectivity index (χ1n) is 6.79. The first kappa shape index (κ1) is 18.3. The summed E-state index contributed by atoms with van der Waals surface area (Å²) in [5.41, 5.74) is 3.49. The number of benzene rings is 2. The van der Waals surface area contributed by atoms with Crippen molar-refractivity contribution in [3.63, 3.8) is 0 Å². The molecule has 0 aliphatic carbocycles. The number of aliphatic imine (C=N–C) groups is 2. The van der Waals surface area contributed by atoms with Crippen LogP contribution in [-0.2, 0) is 0 Å². The van der Waals surface area contributed by atoms with Crippen molar-refractivity contribution in [2.75, 3.05) is 0 Å². The minimum absolute atomic E-state index is 0.0643. The van der Waals surface area contributed by atoms with Gasteiger partial charge in [0.05, 0.1) is 11.4 Å². The lowest BCUT2D eigenvalue weighted by molar-refractivity contribution is 1.38. The van der Waals surface area contributed by atoms with Crippen molar-refractivity contribution in [1.82, 2.24) is 0 Å². The highest BCUT2D eigenvalue weighted by Gasteiger charge is 2.36. The van der Waals surface area contributed by atoms with Gasteiger partial charge in [0, 0.05) is 0 Å². The number of hydrogen-bond donors (Lipinski definition) is 0. The van der Waals surface area contributed by atoms with Gasteiger partial charge in [0.2, 0.25) is 4.33 Å². The monoisotopic (exact) mass is 386 g/mol. The van der Waals surface area contributed by atoms with Crippen molar-refractivity contribution in [2.24, 2.45) is 9.98 Å². The van der Waals surface area contributed by atoms with Gasteiger partial charge in [0.25, 0.3) is 0 Å². The molecule has 0 saturated heterocycles. The average Bonchev–Trinajstić information content (AvgIpc) is 2.51. The Kier molecular flexibility index (Phi) is 6.10. The highest BCUT2D eigenvalue weighted by atomic mass is 35.5. The van der Waals surface area contributed by atoms with Gasteiger partial charge < -0.3 is 0 Å². The third-order valence-electron chi connectivity index (χ3n) is 3.04. The molecule has 2 aromatic carbocycles. The molecular weight excluding hydrogens is 374 g/mol. The largest absolute Gasteiger partial charge is 0.237 e. The Morgan fingerprint density at radius 3 is 1.30 bits per heavy atom. The molecule has 0 radical (unpaired) electrons. The van der Waals surface area contributed by atoms with E-state index in [2.05, 4.69) is 9.98 Å². The number of hydrogen-bond acceptors (Lipinski definition) is 2. The molecule has 0 aliphatic rings. The highest BCUT2D eigenvalue weighted by Crippen LogP contribution is 2.33. The van der Waals surface area contributed by atoms with E-state index < -0.39 is 4.33 Å². The summed E-state index contributed by atoms with van der Waals surface area (Å²) in [7, 11) is 0. The molecule has 120 valence electrons. The molecule has 0 spiro atoms. The summed E-state index contributed by atoms with van der Waals surface area (Å²) in [6.07, 6.45) is 0. The van der Waals surface area contributed by atoms with Gasteiger partial charge in [-0.3, -0.25) is 0 Å². The van der Waals surface area contributed by atoms with Crippen LogP contribution >= 0.6 is 46.4 Å². The molecule has 23 heavy (non-hydrogen) atoms. The molecule has 2 aromatic rings. The lowest BCUT2D eigenvalue weighted by atomic mass is 10.2. The molecule has 0 bridgehead atoms. The molecule has 0 unspecified atom stereocenters. The number of nitrogens with zero attached hydrogens (tertiary/aromatic N) is 2. The Morgan fingerprint density at radius 1 is 0.696 bits per heavy atom. The summed E-state index contributed by atoms with van der Waals surface area (Å²) in [5.74, 6) is 0. The Hall–Kier alpha value is -1.06. The van der Waals surface area contributed by atoms with Gasteiger partial charge in [-0.25, -0.2) is 9.98 Å². The van der Waals surface area contributed by atoms with Crippen LogP contribution < -0.4 is 0 Å². The van der Waals surface area contributed by atoms with E-state index in [1.165, 1.54) is 0 Å². The minimum Gasteiger partial charge on any atom is -0.237 e. The maximum absolute atomic E-state index is 6.24. The number of rotatable bonds is 4. The predicted octanol–water partition coefficient (Wildman–Crippen LogP) is 6.72. The second-order valence-electron chi connectivity index (χ2n) is 5.05. The zero-order valence-corrected chi connectivity index (χ0v) is 15.5. The molecule has 0 saturated carbocycles. The minimum atomic E-state index is -1.71. The molecule has 0 amide bonds. The molecule has 0 fully saturated rings. The second kappa shape index (κ2) is 7.67. The Bertz CT molecular complexity index is 669. The Morgan fingerprint density at radius 2 is 1.00 bits per heavy atom. The van der Waals surface area contributed by atoms with Gasteiger partial charge in [-0.05, 0) is 38.1 Å². The van der Waals surface area contributed by atoms with E-state index in [1.807, 2.05) is 62.4 Å². The van der Waals surface area contributed by atoms with Crippen molar-refractivity contribution >= 4 is 68.1 Å². The fraction of sp³-hybridized carbons (Fsp3) is 0.176. The average molecular weight is 388 g/mol. The van der Waals surface area contributed by atoms with Gasteiger partial charge in [-0.2, -0.15) is 0 Å². The van der Waals surface area contributed by atoms with Crippen LogP contribution in [0.1, 0.15) is 11.1 Å². The Balaban J connectivity index is 2.28. The zero-order valence-electron chi connectivity index (χ0n) is 12.5. The van der Waals surface area contributed by atoms with Crippen LogP contribution in [0.4, 0.5) is 11.4 Å². The van der Waals surface area contributed by atoms with Gasteiger partial charge in [0.1, 0.15) is 10.3 Å². The molecule has 0 atom stereocenters. The first-order valence-corrected chi connectivity index (χ1v) is 8.30. The predicted molar refractivity (Wildman–Crippen MR) is 103 cm³/mol. The molecule has 0 N–H and O–H groups in total. The van der Waals surface area contributed by atoms with Crippen LogP contribution in [0.2, 0.25) is 0 Å².